The van der Waals surface area contributed by atoms with Gasteiger partial charge in [-0.15, -0.1) is 0 Å². The average Bonchev–Trinajstić information content (AvgIpc) is 2.70. The molecule has 1 heterocycles. The Morgan fingerprint density at radius 1 is 0.955 bits per heavy atom. The van der Waals surface area contributed by atoms with Gasteiger partial charge < -0.3 is 29.3 Å². The van der Waals surface area contributed by atoms with Crippen molar-refractivity contribution in [1.29, 1.82) is 0 Å². The van der Waals surface area contributed by atoms with E-state index in [-0.39, 0.29) is 0 Å². The molecule has 0 aromatic rings. The lowest BCUT2D eigenvalue weighted by molar-refractivity contribution is -0.199. The lowest BCUT2D eigenvalue weighted by atomic mass is 9.86. The Hall–Kier alpha value is -1.87. The van der Waals surface area contributed by atoms with Gasteiger partial charge in [0, 0.05) is 0 Å². The van der Waals surface area contributed by atoms with Crippen molar-refractivity contribution >= 4 is 18.0 Å². The van der Waals surface area contributed by atoms with Gasteiger partial charge in [-0.1, -0.05) is 0 Å². The number of carbonyl (C=O) groups excluding carboxylic acids is 3. The van der Waals surface area contributed by atoms with Crippen LogP contribution in [0.15, 0.2) is 0 Å². The van der Waals surface area contributed by atoms with Crippen molar-refractivity contribution in [3.8, 4) is 0 Å². The van der Waals surface area contributed by atoms with Gasteiger partial charge in [-0.3, -0.25) is 0 Å². The minimum absolute atomic E-state index is 0.666. The summed E-state index contributed by atoms with van der Waals surface area (Å²) in [6, 6.07) is 0. The van der Waals surface area contributed by atoms with Gasteiger partial charge in [-0.2, -0.15) is 0 Å². The highest BCUT2D eigenvalue weighted by Gasteiger charge is 2.68. The number of ether oxygens (including phenoxy) is 3. The van der Waals surface area contributed by atoms with Crippen LogP contribution in [-0.2, 0) is 23.8 Å². The first-order valence-electron chi connectivity index (χ1n) is 6.51. The Bertz CT molecular complexity index is 455. The SMILES string of the molecule is COC(=O)[C@]1(O)CN(C(=O)OC(C)(C)C)C[C@]1(O)C(=O)OC. The highest BCUT2D eigenvalue weighted by atomic mass is 16.6. The number of amides is 1. The van der Waals surface area contributed by atoms with E-state index in [1.54, 1.807) is 20.8 Å². The molecule has 1 rings (SSSR count). The molecule has 0 spiro atoms. The van der Waals surface area contributed by atoms with Gasteiger partial charge >= 0.3 is 18.0 Å². The number of rotatable bonds is 2. The van der Waals surface area contributed by atoms with Gasteiger partial charge in [0.15, 0.2) is 0 Å². The Morgan fingerprint density at radius 2 is 1.32 bits per heavy atom. The van der Waals surface area contributed by atoms with Crippen LogP contribution in [0.1, 0.15) is 20.8 Å². The zero-order valence-electron chi connectivity index (χ0n) is 13.2. The zero-order valence-corrected chi connectivity index (χ0v) is 13.2. The summed E-state index contributed by atoms with van der Waals surface area (Å²) in [6.45, 7) is 3.54. The molecule has 2 atom stereocenters. The van der Waals surface area contributed by atoms with Crippen LogP contribution in [0.2, 0.25) is 0 Å². The van der Waals surface area contributed by atoms with Gasteiger partial charge in [-0.25, -0.2) is 14.4 Å². The van der Waals surface area contributed by atoms with Crippen LogP contribution in [0.4, 0.5) is 4.79 Å². The predicted octanol–water partition coefficient (Wildman–Crippen LogP) is -0.955. The standard InChI is InChI=1S/C13H21NO8/c1-11(2,3)22-10(17)14-6-12(18,8(15)20-4)13(19,7-14)9(16)21-5/h18-19H,6-7H2,1-5H3/t12-,13+. The number of likely N-dealkylation sites (tertiary alicyclic amines) is 1. The molecule has 0 aromatic carbocycles. The first-order valence-corrected chi connectivity index (χ1v) is 6.51. The van der Waals surface area contributed by atoms with Crippen LogP contribution in [0, 0.1) is 0 Å². The fraction of sp³-hybridized carbons (Fsp3) is 0.769. The van der Waals surface area contributed by atoms with Crippen molar-refractivity contribution in [3.05, 3.63) is 0 Å². The topological polar surface area (TPSA) is 123 Å². The quantitative estimate of drug-likeness (QED) is 0.493. The zero-order chi connectivity index (χ0) is 17.3. The Morgan fingerprint density at radius 3 is 1.59 bits per heavy atom. The van der Waals surface area contributed by atoms with Crippen molar-refractivity contribution in [2.75, 3.05) is 27.3 Å². The molecule has 1 fully saturated rings. The lowest BCUT2D eigenvalue weighted by Gasteiger charge is -2.30. The molecule has 126 valence electrons. The Labute approximate surface area is 127 Å². The summed E-state index contributed by atoms with van der Waals surface area (Å²) in [4.78, 5) is 36.5. The van der Waals surface area contributed by atoms with E-state index in [0.717, 1.165) is 19.1 Å². The van der Waals surface area contributed by atoms with Crippen molar-refractivity contribution in [2.24, 2.45) is 0 Å². The van der Waals surface area contributed by atoms with Gasteiger partial charge in [0.1, 0.15) is 5.60 Å². The Balaban J connectivity index is 3.15. The molecule has 0 saturated carbocycles. The summed E-state index contributed by atoms with van der Waals surface area (Å²) in [5, 5.41) is 20.8. The van der Waals surface area contributed by atoms with Crippen LogP contribution >= 0.6 is 0 Å². The molecule has 0 radical (unpaired) electrons. The van der Waals surface area contributed by atoms with E-state index in [9.17, 15) is 24.6 Å². The number of nitrogens with zero attached hydrogens (tertiary/aromatic N) is 1. The first-order chi connectivity index (χ1) is 9.91. The number of esters is 2. The summed E-state index contributed by atoms with van der Waals surface area (Å²) in [6.07, 6.45) is -0.894. The summed E-state index contributed by atoms with van der Waals surface area (Å²) in [5.41, 5.74) is -6.12. The highest BCUT2D eigenvalue weighted by molar-refractivity contribution is 5.95. The molecule has 0 aromatic heterocycles. The molecule has 9 heteroatoms. The van der Waals surface area contributed by atoms with Crippen LogP contribution in [-0.4, -0.2) is 77.3 Å². The van der Waals surface area contributed by atoms with Gasteiger partial charge in [0.2, 0.25) is 11.2 Å². The van der Waals surface area contributed by atoms with Crippen LogP contribution < -0.4 is 0 Å². The van der Waals surface area contributed by atoms with E-state index < -0.39 is 47.9 Å². The van der Waals surface area contributed by atoms with E-state index in [1.807, 2.05) is 0 Å². The van der Waals surface area contributed by atoms with Gasteiger partial charge in [0.05, 0.1) is 27.3 Å². The number of β-amino-alcohol motifs (C(OH)–C–C–N with tert-alkyl or cyclic N) is 2. The number of hydrogen-bond acceptors (Lipinski definition) is 8. The molecule has 1 aliphatic rings. The van der Waals surface area contributed by atoms with Gasteiger partial charge in [0.25, 0.3) is 0 Å². The monoisotopic (exact) mass is 319 g/mol. The molecule has 22 heavy (non-hydrogen) atoms. The van der Waals surface area contributed by atoms with Gasteiger partial charge in [-0.05, 0) is 20.8 Å². The molecule has 9 nitrogen and oxygen atoms in total. The number of aliphatic hydroxyl groups is 2. The van der Waals surface area contributed by atoms with Crippen molar-refractivity contribution < 1.29 is 38.8 Å². The van der Waals surface area contributed by atoms with E-state index in [4.69, 9.17) is 4.74 Å². The Kier molecular flexibility index (Phi) is 4.73. The third-order valence-corrected chi connectivity index (χ3v) is 3.22. The van der Waals surface area contributed by atoms with E-state index >= 15 is 0 Å². The lowest BCUT2D eigenvalue weighted by Crippen LogP contribution is -2.63. The second-order valence-electron chi connectivity index (χ2n) is 6.04. The average molecular weight is 319 g/mol. The number of hydrogen-bond donors (Lipinski definition) is 2. The molecule has 1 aliphatic heterocycles. The van der Waals surface area contributed by atoms with Crippen molar-refractivity contribution in [1.82, 2.24) is 4.90 Å². The van der Waals surface area contributed by atoms with Crippen LogP contribution in [0.5, 0.6) is 0 Å². The fourth-order valence-corrected chi connectivity index (χ4v) is 2.13. The second kappa shape index (κ2) is 5.73. The molecule has 2 N–H and O–H groups in total. The van der Waals surface area contributed by atoms with E-state index in [2.05, 4.69) is 9.47 Å². The summed E-state index contributed by atoms with van der Waals surface area (Å²) in [5.74, 6) is -2.52. The minimum Gasteiger partial charge on any atom is -0.467 e. The van der Waals surface area contributed by atoms with Crippen LogP contribution in [0.25, 0.3) is 0 Å². The van der Waals surface area contributed by atoms with E-state index in [0.29, 0.717) is 0 Å². The summed E-state index contributed by atoms with van der Waals surface area (Å²) >= 11 is 0. The third-order valence-electron chi connectivity index (χ3n) is 3.22. The molecular weight excluding hydrogens is 298 g/mol. The maximum Gasteiger partial charge on any atom is 0.410 e. The summed E-state index contributed by atoms with van der Waals surface area (Å²) < 4.78 is 13.9. The molecular formula is C13H21NO8. The third kappa shape index (κ3) is 3.00. The smallest absolute Gasteiger partial charge is 0.410 e. The van der Waals surface area contributed by atoms with Crippen molar-refractivity contribution in [2.45, 2.75) is 37.6 Å². The number of methoxy groups -OCH3 is 2. The van der Waals surface area contributed by atoms with Crippen molar-refractivity contribution in [3.63, 3.8) is 0 Å². The molecule has 0 bridgehead atoms. The van der Waals surface area contributed by atoms with E-state index in [1.165, 1.54) is 0 Å². The second-order valence-corrected chi connectivity index (χ2v) is 6.04. The maximum absolute atomic E-state index is 12.0. The predicted molar refractivity (Wildman–Crippen MR) is 71.7 cm³/mol. The van der Waals surface area contributed by atoms with Crippen LogP contribution in [0.3, 0.4) is 0 Å². The first kappa shape index (κ1) is 18.2. The highest BCUT2D eigenvalue weighted by Crippen LogP contribution is 2.35. The molecule has 0 aliphatic carbocycles. The molecule has 1 saturated heterocycles. The largest absolute Gasteiger partial charge is 0.467 e. The maximum atomic E-state index is 12.0. The minimum atomic E-state index is -2.65. The summed E-state index contributed by atoms with van der Waals surface area (Å²) in [7, 11) is 1.96. The number of carbonyl (C=O) groups is 3. The molecule has 0 unspecified atom stereocenters. The normalized spacial score (nSPS) is 28.2. The molecule has 1 amide bonds. The fourth-order valence-electron chi connectivity index (χ4n) is 2.13.